The van der Waals surface area contributed by atoms with Gasteiger partial charge in [-0.25, -0.2) is 9.38 Å². The quantitative estimate of drug-likeness (QED) is 0.543. The molecule has 5 rings (SSSR count). The van der Waals surface area contributed by atoms with E-state index in [1.165, 1.54) is 29.2 Å². The summed E-state index contributed by atoms with van der Waals surface area (Å²) in [5, 5.41) is 3.13. The van der Waals surface area contributed by atoms with Gasteiger partial charge in [-0.3, -0.25) is 14.5 Å². The molecule has 2 aliphatic rings. The van der Waals surface area contributed by atoms with Gasteiger partial charge in [0.1, 0.15) is 11.5 Å². The van der Waals surface area contributed by atoms with Crippen LogP contribution in [0.3, 0.4) is 0 Å². The van der Waals surface area contributed by atoms with Crippen LogP contribution < -0.4 is 19.7 Å². The zero-order chi connectivity index (χ0) is 23.5. The molecule has 0 saturated heterocycles. The molecule has 7 nitrogen and oxygen atoms in total. The third-order valence-electron chi connectivity index (χ3n) is 5.01. The first-order valence-electron chi connectivity index (χ1n) is 10.3. The summed E-state index contributed by atoms with van der Waals surface area (Å²) in [7, 11) is 0. The number of halogens is 1. The Bertz CT molecular complexity index is 1310. The zero-order valence-electron chi connectivity index (χ0n) is 17.7. The first-order valence-corrected chi connectivity index (χ1v) is 11.3. The normalized spacial score (nSPS) is 15.6. The topological polar surface area (TPSA) is 80.2 Å². The molecular formula is C25H18FN3O4S. The van der Waals surface area contributed by atoms with Gasteiger partial charge in [0.2, 0.25) is 12.7 Å². The Kier molecular flexibility index (Phi) is 6.01. The van der Waals surface area contributed by atoms with Crippen LogP contribution in [0.4, 0.5) is 15.8 Å². The molecule has 0 aromatic heterocycles. The number of ether oxygens (including phenoxy) is 2. The van der Waals surface area contributed by atoms with Gasteiger partial charge in [0.25, 0.3) is 5.91 Å². The smallest absolute Gasteiger partial charge is 0.283 e. The summed E-state index contributed by atoms with van der Waals surface area (Å²) in [4.78, 5) is 31.6. The molecular weight excluding hydrogens is 457 g/mol. The van der Waals surface area contributed by atoms with Crippen molar-refractivity contribution >= 4 is 46.2 Å². The molecule has 9 heteroatoms. The lowest BCUT2D eigenvalue weighted by molar-refractivity contribution is -0.114. The summed E-state index contributed by atoms with van der Waals surface area (Å²) in [6.45, 7) is 0.147. The molecule has 2 amide bonds. The maximum atomic E-state index is 13.5. The largest absolute Gasteiger partial charge is 0.454 e. The zero-order valence-corrected chi connectivity index (χ0v) is 18.5. The maximum absolute atomic E-state index is 13.5. The highest BCUT2D eigenvalue weighted by Gasteiger charge is 2.32. The minimum absolute atomic E-state index is 0.0108. The van der Waals surface area contributed by atoms with Crippen LogP contribution in [0.15, 0.2) is 83.5 Å². The third kappa shape index (κ3) is 4.65. The van der Waals surface area contributed by atoms with Gasteiger partial charge in [-0.15, -0.1) is 0 Å². The number of rotatable bonds is 5. The molecule has 170 valence electrons. The number of benzene rings is 3. The van der Waals surface area contributed by atoms with Crippen LogP contribution in [0, 0.1) is 5.82 Å². The molecule has 0 spiro atoms. The van der Waals surface area contributed by atoms with Gasteiger partial charge >= 0.3 is 0 Å². The molecule has 0 radical (unpaired) electrons. The fraction of sp³-hybridized carbons (Fsp3) is 0.0800. The van der Waals surface area contributed by atoms with E-state index in [4.69, 9.17) is 9.47 Å². The highest BCUT2D eigenvalue weighted by atomic mass is 32.2. The number of hydrogen-bond acceptors (Lipinski definition) is 6. The molecule has 3 aromatic carbocycles. The number of carbonyl (C=O) groups excluding carboxylic acids is 2. The summed E-state index contributed by atoms with van der Waals surface area (Å²) in [5.41, 5.74) is 2.08. The molecule has 2 heterocycles. The highest BCUT2D eigenvalue weighted by molar-refractivity contribution is 8.14. The molecule has 34 heavy (non-hydrogen) atoms. The minimum Gasteiger partial charge on any atom is -0.454 e. The Labute approximate surface area is 198 Å². The van der Waals surface area contributed by atoms with Gasteiger partial charge in [0, 0.05) is 11.8 Å². The molecule has 0 fully saturated rings. The number of aliphatic imine (C=N–C) groups is 1. The highest BCUT2D eigenvalue weighted by Crippen LogP contribution is 2.34. The predicted molar refractivity (Wildman–Crippen MR) is 129 cm³/mol. The van der Waals surface area contributed by atoms with E-state index >= 15 is 0 Å². The average Bonchev–Trinajstić information content (AvgIpc) is 3.43. The van der Waals surface area contributed by atoms with E-state index in [0.29, 0.717) is 28.0 Å². The second-order valence-electron chi connectivity index (χ2n) is 7.36. The average molecular weight is 476 g/mol. The molecule has 1 N–H and O–H groups in total. The van der Waals surface area contributed by atoms with Crippen LogP contribution >= 0.6 is 11.8 Å². The van der Waals surface area contributed by atoms with Crippen molar-refractivity contribution in [1.82, 2.24) is 0 Å². The van der Waals surface area contributed by atoms with Gasteiger partial charge in [0.05, 0.1) is 11.4 Å². The van der Waals surface area contributed by atoms with Crippen molar-refractivity contribution < 1.29 is 23.5 Å². The first kappa shape index (κ1) is 21.7. The second kappa shape index (κ2) is 9.40. The minimum atomic E-state index is -0.412. The number of hydrogen-bond donors (Lipinski definition) is 1. The van der Waals surface area contributed by atoms with Gasteiger partial charge in [0.15, 0.2) is 16.7 Å². The van der Waals surface area contributed by atoms with Crippen LogP contribution in [0.1, 0.15) is 5.56 Å². The molecule has 0 bridgehead atoms. The number of anilines is 2. The van der Waals surface area contributed by atoms with Crippen molar-refractivity contribution in [2.75, 3.05) is 22.8 Å². The van der Waals surface area contributed by atoms with Crippen LogP contribution in [-0.4, -0.2) is 29.5 Å². The van der Waals surface area contributed by atoms with Crippen molar-refractivity contribution in [3.8, 4) is 11.5 Å². The lowest BCUT2D eigenvalue weighted by atomic mass is 10.2. The van der Waals surface area contributed by atoms with E-state index < -0.39 is 5.82 Å². The molecule has 2 aliphatic heterocycles. The first-order chi connectivity index (χ1) is 16.6. The number of nitrogens with zero attached hydrogens (tertiary/aromatic N) is 2. The van der Waals surface area contributed by atoms with Gasteiger partial charge in [-0.2, -0.15) is 0 Å². The Morgan fingerprint density at radius 3 is 2.62 bits per heavy atom. The number of amidine groups is 1. The second-order valence-corrected chi connectivity index (χ2v) is 8.30. The number of amides is 2. The number of thioether (sulfide) groups is 1. The van der Waals surface area contributed by atoms with E-state index in [-0.39, 0.29) is 30.1 Å². The maximum Gasteiger partial charge on any atom is 0.283 e. The standard InChI is InChI=1S/C25H18FN3O4S/c26-17-6-9-19(10-7-17)29-24(31)20(12-16-4-2-1-3-5-16)28-25(29)34-14-23(30)27-18-8-11-21-22(13-18)33-15-32-21/h1-13H,14-15H2,(H,27,30)/b20-12+. The fourth-order valence-corrected chi connectivity index (χ4v) is 4.23. The Morgan fingerprint density at radius 2 is 1.82 bits per heavy atom. The van der Waals surface area contributed by atoms with Crippen molar-refractivity contribution in [3.63, 3.8) is 0 Å². The Balaban J connectivity index is 1.34. The number of carbonyl (C=O) groups is 2. The SMILES string of the molecule is O=C(CSC1=N/C(=C/c2ccccc2)C(=O)N1c1ccc(F)cc1)Nc1ccc2c(c1)OCO2. The molecule has 3 aromatic rings. The monoisotopic (exact) mass is 475 g/mol. The van der Waals surface area contributed by atoms with E-state index in [1.807, 2.05) is 30.3 Å². The fourth-order valence-electron chi connectivity index (χ4n) is 3.42. The third-order valence-corrected chi connectivity index (χ3v) is 5.94. The number of fused-ring (bicyclic) bond motifs is 1. The van der Waals surface area contributed by atoms with Crippen molar-refractivity contribution in [2.24, 2.45) is 4.99 Å². The Morgan fingerprint density at radius 1 is 1.06 bits per heavy atom. The van der Waals surface area contributed by atoms with Crippen LogP contribution in [0.2, 0.25) is 0 Å². The lowest BCUT2D eigenvalue weighted by Crippen LogP contribution is -2.31. The van der Waals surface area contributed by atoms with Crippen LogP contribution in [0.25, 0.3) is 6.08 Å². The van der Waals surface area contributed by atoms with E-state index in [0.717, 1.165) is 17.3 Å². The molecule has 0 saturated carbocycles. The van der Waals surface area contributed by atoms with E-state index in [1.54, 1.807) is 24.3 Å². The lowest BCUT2D eigenvalue weighted by Gasteiger charge is -2.17. The Hall–Kier alpha value is -4.11. The van der Waals surface area contributed by atoms with Crippen molar-refractivity contribution in [3.05, 3.63) is 89.9 Å². The summed E-state index contributed by atoms with van der Waals surface area (Å²) < 4.78 is 24.1. The summed E-state index contributed by atoms with van der Waals surface area (Å²) in [6, 6.07) is 20.0. The molecule has 0 atom stereocenters. The van der Waals surface area contributed by atoms with E-state index in [2.05, 4.69) is 10.3 Å². The van der Waals surface area contributed by atoms with E-state index in [9.17, 15) is 14.0 Å². The summed E-state index contributed by atoms with van der Waals surface area (Å²) >= 11 is 1.11. The molecule has 0 aliphatic carbocycles. The van der Waals surface area contributed by atoms with Crippen molar-refractivity contribution in [1.29, 1.82) is 0 Å². The number of nitrogens with one attached hydrogen (secondary N) is 1. The summed E-state index contributed by atoms with van der Waals surface area (Å²) in [6.07, 6.45) is 1.68. The van der Waals surface area contributed by atoms with Crippen molar-refractivity contribution in [2.45, 2.75) is 0 Å². The molecule has 0 unspecified atom stereocenters. The van der Waals surface area contributed by atoms with Crippen LogP contribution in [-0.2, 0) is 9.59 Å². The van der Waals surface area contributed by atoms with Gasteiger partial charge < -0.3 is 14.8 Å². The predicted octanol–water partition coefficient (Wildman–Crippen LogP) is 4.67. The van der Waals surface area contributed by atoms with Crippen LogP contribution in [0.5, 0.6) is 11.5 Å². The van der Waals surface area contributed by atoms with Gasteiger partial charge in [-0.1, -0.05) is 42.1 Å². The summed E-state index contributed by atoms with van der Waals surface area (Å²) in [5.74, 6) is 0.155. The van der Waals surface area contributed by atoms with Gasteiger partial charge in [-0.05, 0) is 48.0 Å².